The molecule has 1 unspecified atom stereocenters. The molecule has 1 atom stereocenters. The van der Waals surface area contributed by atoms with Crippen LogP contribution in [-0.4, -0.2) is 31.0 Å². The van der Waals surface area contributed by atoms with Crippen molar-refractivity contribution in [1.29, 1.82) is 0 Å². The predicted molar refractivity (Wildman–Crippen MR) is 72.2 cm³/mol. The summed E-state index contributed by atoms with van der Waals surface area (Å²) in [6, 6.07) is 4.84. The standard InChI is InChI=1S/C14H21F2NO3/c1-3-11(9-18)17-8-10-5-6-12(20-14(15)16)13(7-10)19-4-2/h5-7,11,14,17-18H,3-4,8-9H2,1-2H3. The van der Waals surface area contributed by atoms with Crippen LogP contribution in [0.15, 0.2) is 18.2 Å². The van der Waals surface area contributed by atoms with E-state index in [1.54, 1.807) is 19.1 Å². The van der Waals surface area contributed by atoms with Gasteiger partial charge in [0.1, 0.15) is 0 Å². The van der Waals surface area contributed by atoms with E-state index in [1.165, 1.54) is 6.07 Å². The Bertz CT molecular complexity index is 398. The highest BCUT2D eigenvalue weighted by molar-refractivity contribution is 5.43. The van der Waals surface area contributed by atoms with Crippen LogP contribution in [0.5, 0.6) is 11.5 Å². The van der Waals surface area contributed by atoms with Crippen molar-refractivity contribution in [1.82, 2.24) is 5.32 Å². The van der Waals surface area contributed by atoms with Crippen molar-refractivity contribution in [3.63, 3.8) is 0 Å². The average Bonchev–Trinajstić information content (AvgIpc) is 2.42. The molecule has 0 saturated heterocycles. The number of hydrogen-bond acceptors (Lipinski definition) is 4. The Morgan fingerprint density at radius 3 is 2.55 bits per heavy atom. The summed E-state index contributed by atoms with van der Waals surface area (Å²) in [5.41, 5.74) is 0.877. The van der Waals surface area contributed by atoms with Gasteiger partial charge >= 0.3 is 6.61 Å². The van der Waals surface area contributed by atoms with Gasteiger partial charge in [0.15, 0.2) is 11.5 Å². The SMILES string of the molecule is CCOc1cc(CNC(CC)CO)ccc1OC(F)F. The van der Waals surface area contributed by atoms with Crippen molar-refractivity contribution < 1.29 is 23.4 Å². The highest BCUT2D eigenvalue weighted by atomic mass is 19.3. The molecule has 0 bridgehead atoms. The van der Waals surface area contributed by atoms with Crippen LogP contribution in [0.4, 0.5) is 8.78 Å². The van der Waals surface area contributed by atoms with Crippen LogP contribution in [0.25, 0.3) is 0 Å². The van der Waals surface area contributed by atoms with Gasteiger partial charge in [0.2, 0.25) is 0 Å². The number of rotatable bonds is 9. The van der Waals surface area contributed by atoms with Crippen LogP contribution in [0.1, 0.15) is 25.8 Å². The fourth-order valence-electron chi connectivity index (χ4n) is 1.72. The summed E-state index contributed by atoms with van der Waals surface area (Å²) in [6.45, 7) is 1.81. The second-order valence-corrected chi connectivity index (χ2v) is 4.26. The van der Waals surface area contributed by atoms with E-state index < -0.39 is 6.61 Å². The number of hydrogen-bond donors (Lipinski definition) is 2. The molecule has 20 heavy (non-hydrogen) atoms. The first-order valence-corrected chi connectivity index (χ1v) is 6.65. The van der Waals surface area contributed by atoms with Crippen molar-refractivity contribution in [3.8, 4) is 11.5 Å². The smallest absolute Gasteiger partial charge is 0.387 e. The second-order valence-electron chi connectivity index (χ2n) is 4.26. The molecule has 0 aliphatic heterocycles. The van der Waals surface area contributed by atoms with Gasteiger partial charge in [-0.2, -0.15) is 8.78 Å². The zero-order valence-corrected chi connectivity index (χ0v) is 11.7. The van der Waals surface area contributed by atoms with E-state index in [2.05, 4.69) is 10.1 Å². The van der Waals surface area contributed by atoms with Crippen molar-refractivity contribution >= 4 is 0 Å². The lowest BCUT2D eigenvalue weighted by molar-refractivity contribution is -0.0514. The molecule has 0 aliphatic rings. The van der Waals surface area contributed by atoms with Gasteiger partial charge in [-0.3, -0.25) is 0 Å². The zero-order valence-electron chi connectivity index (χ0n) is 11.7. The quantitative estimate of drug-likeness (QED) is 0.733. The van der Waals surface area contributed by atoms with Gasteiger partial charge in [-0.15, -0.1) is 0 Å². The summed E-state index contributed by atoms with van der Waals surface area (Å²) in [5.74, 6) is 0.323. The largest absolute Gasteiger partial charge is 0.490 e. The Hall–Kier alpha value is -1.40. The van der Waals surface area contributed by atoms with Crippen LogP contribution in [0.3, 0.4) is 0 Å². The number of alkyl halides is 2. The molecule has 0 spiro atoms. The van der Waals surface area contributed by atoms with Gasteiger partial charge in [0, 0.05) is 12.6 Å². The van der Waals surface area contributed by atoms with Crippen molar-refractivity contribution in [2.75, 3.05) is 13.2 Å². The Morgan fingerprint density at radius 2 is 2.00 bits per heavy atom. The fraction of sp³-hybridized carbons (Fsp3) is 0.571. The van der Waals surface area contributed by atoms with Crippen LogP contribution in [0, 0.1) is 0 Å². The van der Waals surface area contributed by atoms with Gasteiger partial charge < -0.3 is 19.9 Å². The highest BCUT2D eigenvalue weighted by Crippen LogP contribution is 2.29. The molecule has 0 aliphatic carbocycles. The van der Waals surface area contributed by atoms with Gasteiger partial charge in [-0.05, 0) is 31.0 Å². The van der Waals surface area contributed by atoms with Crippen molar-refractivity contribution in [3.05, 3.63) is 23.8 Å². The average molecular weight is 289 g/mol. The van der Waals surface area contributed by atoms with Gasteiger partial charge in [-0.1, -0.05) is 13.0 Å². The van der Waals surface area contributed by atoms with E-state index in [0.29, 0.717) is 18.9 Å². The minimum Gasteiger partial charge on any atom is -0.490 e. The van der Waals surface area contributed by atoms with E-state index in [9.17, 15) is 8.78 Å². The molecule has 114 valence electrons. The number of halogens is 2. The zero-order chi connectivity index (χ0) is 15.0. The Kier molecular flexibility index (Phi) is 7.25. The predicted octanol–water partition coefficient (Wildman–Crippen LogP) is 2.55. The minimum absolute atomic E-state index is 0.0162. The van der Waals surface area contributed by atoms with E-state index in [4.69, 9.17) is 9.84 Å². The van der Waals surface area contributed by atoms with Crippen molar-refractivity contribution in [2.24, 2.45) is 0 Å². The van der Waals surface area contributed by atoms with E-state index in [1.807, 2.05) is 6.92 Å². The van der Waals surface area contributed by atoms with Crippen LogP contribution < -0.4 is 14.8 Å². The summed E-state index contributed by atoms with van der Waals surface area (Å²) in [7, 11) is 0. The first-order chi connectivity index (χ1) is 9.60. The Balaban J connectivity index is 2.75. The third-order valence-electron chi connectivity index (χ3n) is 2.83. The van der Waals surface area contributed by atoms with E-state index in [-0.39, 0.29) is 18.4 Å². The summed E-state index contributed by atoms with van der Waals surface area (Å²) in [6.07, 6.45) is 0.807. The topological polar surface area (TPSA) is 50.7 Å². The Labute approximate surface area is 117 Å². The molecule has 0 heterocycles. The third-order valence-corrected chi connectivity index (χ3v) is 2.83. The minimum atomic E-state index is -2.88. The summed E-state index contributed by atoms with van der Waals surface area (Å²) < 4.78 is 34.2. The number of ether oxygens (including phenoxy) is 2. The van der Waals surface area contributed by atoms with Crippen LogP contribution in [-0.2, 0) is 6.54 Å². The van der Waals surface area contributed by atoms with Gasteiger partial charge in [-0.25, -0.2) is 0 Å². The molecule has 0 amide bonds. The Morgan fingerprint density at radius 1 is 1.25 bits per heavy atom. The lowest BCUT2D eigenvalue weighted by Gasteiger charge is -2.16. The molecule has 0 radical (unpaired) electrons. The number of benzene rings is 1. The molecule has 0 saturated carbocycles. The first-order valence-electron chi connectivity index (χ1n) is 6.65. The maximum absolute atomic E-state index is 12.3. The molecule has 2 N–H and O–H groups in total. The van der Waals surface area contributed by atoms with Crippen molar-refractivity contribution in [2.45, 2.75) is 39.5 Å². The van der Waals surface area contributed by atoms with E-state index in [0.717, 1.165) is 12.0 Å². The van der Waals surface area contributed by atoms with Gasteiger partial charge in [0.05, 0.1) is 13.2 Å². The summed E-state index contributed by atoms with van der Waals surface area (Å²) in [5, 5.41) is 12.3. The molecule has 1 aromatic rings. The summed E-state index contributed by atoms with van der Waals surface area (Å²) in [4.78, 5) is 0. The summed E-state index contributed by atoms with van der Waals surface area (Å²) >= 11 is 0. The lowest BCUT2D eigenvalue weighted by Crippen LogP contribution is -2.31. The maximum Gasteiger partial charge on any atom is 0.387 e. The fourth-order valence-corrected chi connectivity index (χ4v) is 1.72. The normalized spacial score (nSPS) is 12.5. The first kappa shape index (κ1) is 16.7. The lowest BCUT2D eigenvalue weighted by atomic mass is 10.1. The number of aliphatic hydroxyl groups is 1. The van der Waals surface area contributed by atoms with Crippen LogP contribution in [0.2, 0.25) is 0 Å². The third kappa shape index (κ3) is 5.30. The van der Waals surface area contributed by atoms with Gasteiger partial charge in [0.25, 0.3) is 0 Å². The molecule has 1 rings (SSSR count). The molecule has 0 fully saturated rings. The molecular weight excluding hydrogens is 268 g/mol. The van der Waals surface area contributed by atoms with Crippen LogP contribution >= 0.6 is 0 Å². The number of aliphatic hydroxyl groups excluding tert-OH is 1. The molecule has 0 aromatic heterocycles. The number of nitrogens with one attached hydrogen (secondary N) is 1. The molecular formula is C14H21F2NO3. The maximum atomic E-state index is 12.3. The second kappa shape index (κ2) is 8.71. The molecule has 6 heteroatoms. The monoisotopic (exact) mass is 289 g/mol. The molecule has 1 aromatic carbocycles. The molecule has 4 nitrogen and oxygen atoms in total. The van der Waals surface area contributed by atoms with E-state index >= 15 is 0 Å². The highest BCUT2D eigenvalue weighted by Gasteiger charge is 2.12.